The van der Waals surface area contributed by atoms with Gasteiger partial charge in [0.2, 0.25) is 0 Å². The molecule has 110 valence electrons. The second kappa shape index (κ2) is 6.90. The molecule has 0 heterocycles. The predicted molar refractivity (Wildman–Crippen MR) is 82.7 cm³/mol. The summed E-state index contributed by atoms with van der Waals surface area (Å²) < 4.78 is 28.6. The van der Waals surface area contributed by atoms with Crippen LogP contribution in [-0.2, 0) is 21.2 Å². The Kier molecular flexibility index (Phi) is 7.16. The van der Waals surface area contributed by atoms with Gasteiger partial charge in [-0.15, -0.1) is 0 Å². The summed E-state index contributed by atoms with van der Waals surface area (Å²) in [5.41, 5.74) is 0. The SMILES string of the molecule is CO[SiH](OC)O[Si](C)(C)O[Si](C)(C)O[Si](C)(C)C. The van der Waals surface area contributed by atoms with Crippen molar-refractivity contribution in [2.45, 2.75) is 45.8 Å². The van der Waals surface area contributed by atoms with Crippen molar-refractivity contribution < 1.29 is 21.2 Å². The molecule has 0 rings (SSSR count). The third-order valence-electron chi connectivity index (χ3n) is 1.81. The zero-order chi connectivity index (χ0) is 14.6. The van der Waals surface area contributed by atoms with Crippen molar-refractivity contribution >= 4 is 35.0 Å². The first kappa shape index (κ1) is 18.7. The van der Waals surface area contributed by atoms with Crippen LogP contribution in [0.25, 0.3) is 0 Å². The Hall–Kier alpha value is 0.668. The van der Waals surface area contributed by atoms with Crippen LogP contribution in [0.1, 0.15) is 0 Å². The fraction of sp³-hybridized carbons (Fsp3) is 1.00. The number of hydrogen-bond acceptors (Lipinski definition) is 5. The fourth-order valence-electron chi connectivity index (χ4n) is 1.80. The van der Waals surface area contributed by atoms with Crippen LogP contribution in [0.15, 0.2) is 0 Å². The Morgan fingerprint density at radius 2 is 1.11 bits per heavy atom. The van der Waals surface area contributed by atoms with Crippen molar-refractivity contribution in [1.82, 2.24) is 0 Å². The maximum Gasteiger partial charge on any atom is 0.474 e. The molecule has 9 heteroatoms. The van der Waals surface area contributed by atoms with E-state index in [9.17, 15) is 0 Å². The largest absolute Gasteiger partial charge is 0.474 e. The monoisotopic (exact) mass is 328 g/mol. The molecule has 5 nitrogen and oxygen atoms in total. The maximum atomic E-state index is 6.18. The Labute approximate surface area is 116 Å². The Morgan fingerprint density at radius 1 is 0.667 bits per heavy atom. The standard InChI is InChI=1S/C9H28O5Si4/c1-10-15(11-2)12-17(6,7)14-18(8,9)13-16(3,4)5/h15H,1-9H3. The predicted octanol–water partition coefficient (Wildman–Crippen LogP) is 2.28. The summed E-state index contributed by atoms with van der Waals surface area (Å²) in [5.74, 6) is 0. The normalized spacial score (nSPS) is 14.3. The van der Waals surface area contributed by atoms with Gasteiger partial charge < -0.3 is 21.2 Å². The van der Waals surface area contributed by atoms with E-state index in [0.29, 0.717) is 0 Å². The molecule has 0 aliphatic rings. The van der Waals surface area contributed by atoms with Crippen LogP contribution < -0.4 is 0 Å². The van der Waals surface area contributed by atoms with E-state index in [2.05, 4.69) is 32.7 Å². The van der Waals surface area contributed by atoms with Crippen molar-refractivity contribution in [2.24, 2.45) is 0 Å². The van der Waals surface area contributed by atoms with Crippen LogP contribution in [0.4, 0.5) is 0 Å². The smallest absolute Gasteiger partial charge is 0.437 e. The minimum atomic E-state index is -2.27. The number of hydrogen-bond donors (Lipinski definition) is 0. The highest BCUT2D eigenvalue weighted by molar-refractivity contribution is 6.86. The first-order valence-corrected chi connectivity index (χ1v) is 16.5. The van der Waals surface area contributed by atoms with Gasteiger partial charge in [-0.2, -0.15) is 0 Å². The molecule has 0 aliphatic heterocycles. The summed E-state index contributed by atoms with van der Waals surface area (Å²) >= 11 is 0. The van der Waals surface area contributed by atoms with Gasteiger partial charge in [-0.05, 0) is 45.8 Å². The van der Waals surface area contributed by atoms with E-state index in [1.165, 1.54) is 0 Å². The molecule has 0 aliphatic carbocycles. The van der Waals surface area contributed by atoms with Gasteiger partial charge >= 0.3 is 26.6 Å². The molecule has 0 saturated carbocycles. The van der Waals surface area contributed by atoms with Crippen molar-refractivity contribution in [2.75, 3.05) is 14.2 Å². The average molecular weight is 329 g/mol. The van der Waals surface area contributed by atoms with Gasteiger partial charge in [-0.25, -0.2) is 0 Å². The second-order valence-electron chi connectivity index (χ2n) is 5.99. The van der Waals surface area contributed by atoms with Gasteiger partial charge in [0.15, 0.2) is 8.32 Å². The number of rotatable bonds is 8. The van der Waals surface area contributed by atoms with E-state index < -0.39 is 35.0 Å². The highest BCUT2D eigenvalue weighted by atomic mass is 28.5. The van der Waals surface area contributed by atoms with Crippen LogP contribution in [0.5, 0.6) is 0 Å². The van der Waals surface area contributed by atoms with Crippen molar-refractivity contribution in [3.05, 3.63) is 0 Å². The molecular formula is C9H28O5Si4. The first-order chi connectivity index (χ1) is 7.91. The summed E-state index contributed by atoms with van der Waals surface area (Å²) in [6, 6.07) is 0. The van der Waals surface area contributed by atoms with Crippen LogP contribution in [0, 0.1) is 0 Å². The summed E-state index contributed by atoms with van der Waals surface area (Å²) in [7, 11) is -4.87. The highest BCUT2D eigenvalue weighted by Gasteiger charge is 2.41. The van der Waals surface area contributed by atoms with Gasteiger partial charge in [0, 0.05) is 14.2 Å². The van der Waals surface area contributed by atoms with E-state index in [1.54, 1.807) is 14.2 Å². The molecule has 0 spiro atoms. The first-order valence-electron chi connectivity index (χ1n) is 6.04. The van der Waals surface area contributed by atoms with Crippen molar-refractivity contribution in [3.63, 3.8) is 0 Å². The topological polar surface area (TPSA) is 46.2 Å². The van der Waals surface area contributed by atoms with Gasteiger partial charge in [0.1, 0.15) is 0 Å². The lowest BCUT2D eigenvalue weighted by Gasteiger charge is -2.37. The Morgan fingerprint density at radius 3 is 1.44 bits per heavy atom. The lowest BCUT2D eigenvalue weighted by molar-refractivity contribution is 0.181. The molecule has 0 N–H and O–H groups in total. The van der Waals surface area contributed by atoms with Gasteiger partial charge in [-0.1, -0.05) is 0 Å². The third-order valence-corrected chi connectivity index (χ3v) is 14.0. The summed E-state index contributed by atoms with van der Waals surface area (Å²) in [4.78, 5) is 0. The molecule has 0 bridgehead atoms. The van der Waals surface area contributed by atoms with E-state index in [-0.39, 0.29) is 0 Å². The summed E-state index contributed by atoms with van der Waals surface area (Å²) in [6.45, 7) is 14.7. The molecule has 0 aromatic rings. The zero-order valence-electron chi connectivity index (χ0n) is 13.1. The van der Waals surface area contributed by atoms with Crippen molar-refractivity contribution in [3.8, 4) is 0 Å². The van der Waals surface area contributed by atoms with Crippen LogP contribution in [0.3, 0.4) is 0 Å². The lowest BCUT2D eigenvalue weighted by atomic mass is 11.8. The van der Waals surface area contributed by atoms with Crippen LogP contribution in [0.2, 0.25) is 45.8 Å². The van der Waals surface area contributed by atoms with E-state index in [4.69, 9.17) is 21.2 Å². The molecule has 0 aromatic heterocycles. The second-order valence-corrected chi connectivity index (χ2v) is 19.9. The Balaban J connectivity index is 4.54. The molecule has 0 saturated heterocycles. The van der Waals surface area contributed by atoms with Gasteiger partial charge in [-0.3, -0.25) is 0 Å². The van der Waals surface area contributed by atoms with E-state index in [1.807, 2.05) is 13.1 Å². The molecule has 0 radical (unpaired) electrons. The van der Waals surface area contributed by atoms with Crippen molar-refractivity contribution in [1.29, 1.82) is 0 Å². The minimum absolute atomic E-state index is 1.60. The quantitative estimate of drug-likeness (QED) is 0.640. The molecule has 0 amide bonds. The highest BCUT2D eigenvalue weighted by Crippen LogP contribution is 2.21. The molecule has 18 heavy (non-hydrogen) atoms. The van der Waals surface area contributed by atoms with E-state index >= 15 is 0 Å². The van der Waals surface area contributed by atoms with E-state index in [0.717, 1.165) is 0 Å². The molecule has 0 unspecified atom stereocenters. The summed E-state index contributed by atoms with van der Waals surface area (Å²) in [6.07, 6.45) is 0. The van der Waals surface area contributed by atoms with Gasteiger partial charge in [0.05, 0.1) is 0 Å². The fourth-order valence-corrected chi connectivity index (χ4v) is 16.4. The minimum Gasteiger partial charge on any atom is -0.437 e. The molecule has 0 fully saturated rings. The molecular weight excluding hydrogens is 300 g/mol. The summed E-state index contributed by atoms with van der Waals surface area (Å²) in [5, 5.41) is 0. The molecule has 0 atom stereocenters. The third kappa shape index (κ3) is 8.71. The Bertz CT molecular complexity index is 250. The maximum absolute atomic E-state index is 6.18. The van der Waals surface area contributed by atoms with Crippen LogP contribution in [-0.4, -0.2) is 49.2 Å². The van der Waals surface area contributed by atoms with Gasteiger partial charge in [0.25, 0.3) is 0 Å². The average Bonchev–Trinajstić information content (AvgIpc) is 2.07. The lowest BCUT2D eigenvalue weighted by Crippen LogP contribution is -2.54. The van der Waals surface area contributed by atoms with Crippen LogP contribution >= 0.6 is 0 Å². The zero-order valence-corrected chi connectivity index (χ0v) is 17.3. The molecule has 0 aromatic carbocycles.